The Morgan fingerprint density at radius 1 is 1.17 bits per heavy atom. The number of carbonyl (C=O) groups is 2. The summed E-state index contributed by atoms with van der Waals surface area (Å²) in [6.45, 7) is 8.77. The SMILES string of the molecule is CCOc1ccc(C[NH+](C)[C@@H](C)C(=O)N2c3ccccc3NC(=O)C2(C)C)cc1. The van der Waals surface area contributed by atoms with Crippen molar-refractivity contribution in [3.05, 3.63) is 54.1 Å². The van der Waals surface area contributed by atoms with Gasteiger partial charge in [-0.2, -0.15) is 0 Å². The first-order valence-corrected chi connectivity index (χ1v) is 10.0. The van der Waals surface area contributed by atoms with Gasteiger partial charge in [0.15, 0.2) is 6.04 Å². The van der Waals surface area contributed by atoms with Crippen molar-refractivity contribution in [1.29, 1.82) is 0 Å². The van der Waals surface area contributed by atoms with E-state index in [1.54, 1.807) is 18.7 Å². The fourth-order valence-corrected chi connectivity index (χ4v) is 3.60. The van der Waals surface area contributed by atoms with Crippen molar-refractivity contribution in [1.82, 2.24) is 0 Å². The van der Waals surface area contributed by atoms with Gasteiger partial charge in [0.1, 0.15) is 17.8 Å². The van der Waals surface area contributed by atoms with Crippen LogP contribution in [0, 0.1) is 0 Å². The Bertz CT molecular complexity index is 892. The summed E-state index contributed by atoms with van der Waals surface area (Å²) in [5.74, 6) is 0.595. The monoisotopic (exact) mass is 396 g/mol. The Kier molecular flexibility index (Phi) is 5.94. The highest BCUT2D eigenvalue weighted by molar-refractivity contribution is 6.14. The van der Waals surface area contributed by atoms with Crippen LogP contribution in [0.2, 0.25) is 0 Å². The van der Waals surface area contributed by atoms with E-state index in [1.165, 1.54) is 0 Å². The number of amides is 2. The van der Waals surface area contributed by atoms with Gasteiger partial charge in [-0.3, -0.25) is 14.5 Å². The number of hydrogen-bond acceptors (Lipinski definition) is 3. The van der Waals surface area contributed by atoms with Crippen LogP contribution in [0.5, 0.6) is 5.75 Å². The van der Waals surface area contributed by atoms with Gasteiger partial charge in [0.2, 0.25) is 5.91 Å². The van der Waals surface area contributed by atoms with Gasteiger partial charge in [0.25, 0.3) is 5.91 Å². The lowest BCUT2D eigenvalue weighted by Gasteiger charge is -2.43. The van der Waals surface area contributed by atoms with E-state index in [0.717, 1.165) is 21.9 Å². The Labute approximate surface area is 172 Å². The molecule has 29 heavy (non-hydrogen) atoms. The first-order valence-electron chi connectivity index (χ1n) is 10.0. The molecule has 1 aliphatic rings. The number of anilines is 2. The summed E-state index contributed by atoms with van der Waals surface area (Å²) < 4.78 is 5.49. The van der Waals surface area contributed by atoms with E-state index in [2.05, 4.69) is 5.32 Å². The Hall–Kier alpha value is -2.86. The number of hydrogen-bond donors (Lipinski definition) is 2. The van der Waals surface area contributed by atoms with Crippen molar-refractivity contribution < 1.29 is 19.2 Å². The number of quaternary nitrogens is 1. The number of fused-ring (bicyclic) bond motifs is 1. The van der Waals surface area contributed by atoms with Crippen molar-refractivity contribution in [2.24, 2.45) is 0 Å². The van der Waals surface area contributed by atoms with Gasteiger partial charge < -0.3 is 15.0 Å². The number of likely N-dealkylation sites (N-methyl/N-ethyl adjacent to an activating group) is 1. The van der Waals surface area contributed by atoms with E-state index in [9.17, 15) is 9.59 Å². The van der Waals surface area contributed by atoms with Gasteiger partial charge in [-0.15, -0.1) is 0 Å². The largest absolute Gasteiger partial charge is 0.494 e. The molecule has 0 fully saturated rings. The standard InChI is InChI=1S/C23H29N3O3/c1-6-29-18-13-11-17(12-14-18)15-25(5)16(2)21(27)26-20-10-8-7-9-19(20)24-22(28)23(26,3)4/h7-14,16H,6,15H2,1-5H3,(H,24,28)/p+1/t16-/m0/s1. The maximum absolute atomic E-state index is 13.5. The van der Waals surface area contributed by atoms with Crippen LogP contribution in [-0.2, 0) is 16.1 Å². The molecule has 2 N–H and O–H groups in total. The van der Waals surface area contributed by atoms with Crippen molar-refractivity contribution in [3.63, 3.8) is 0 Å². The minimum absolute atomic E-state index is 0.0688. The zero-order valence-corrected chi connectivity index (χ0v) is 17.8. The van der Waals surface area contributed by atoms with Gasteiger partial charge in [0, 0.05) is 5.56 Å². The molecule has 1 heterocycles. The lowest BCUT2D eigenvalue weighted by atomic mass is 9.95. The fraction of sp³-hybridized carbons (Fsp3) is 0.391. The van der Waals surface area contributed by atoms with Crippen molar-refractivity contribution in [2.75, 3.05) is 23.9 Å². The number of para-hydroxylation sites is 2. The highest BCUT2D eigenvalue weighted by Gasteiger charge is 2.46. The second kappa shape index (κ2) is 8.25. The Balaban J connectivity index is 1.80. The smallest absolute Gasteiger partial charge is 0.285 e. The van der Waals surface area contributed by atoms with Crippen LogP contribution in [0.3, 0.4) is 0 Å². The minimum atomic E-state index is -0.959. The number of rotatable bonds is 6. The molecule has 2 atom stereocenters. The highest BCUT2D eigenvalue weighted by Crippen LogP contribution is 2.36. The van der Waals surface area contributed by atoms with Gasteiger partial charge in [-0.25, -0.2) is 0 Å². The molecule has 1 unspecified atom stereocenters. The number of benzene rings is 2. The van der Waals surface area contributed by atoms with Crippen LogP contribution in [0.15, 0.2) is 48.5 Å². The molecule has 0 radical (unpaired) electrons. The predicted octanol–water partition coefficient (Wildman–Crippen LogP) is 2.25. The first-order chi connectivity index (χ1) is 13.8. The van der Waals surface area contributed by atoms with Crippen LogP contribution < -0.4 is 19.9 Å². The molecule has 2 amide bonds. The second-order valence-electron chi connectivity index (χ2n) is 8.03. The van der Waals surface area contributed by atoms with Gasteiger partial charge in [-0.1, -0.05) is 12.1 Å². The Morgan fingerprint density at radius 3 is 2.48 bits per heavy atom. The van der Waals surface area contributed by atoms with E-state index >= 15 is 0 Å². The zero-order valence-electron chi connectivity index (χ0n) is 17.8. The Morgan fingerprint density at radius 2 is 1.83 bits per heavy atom. The third-order valence-corrected chi connectivity index (χ3v) is 5.56. The molecule has 0 bridgehead atoms. The lowest BCUT2D eigenvalue weighted by molar-refractivity contribution is -0.908. The molecule has 2 aromatic carbocycles. The summed E-state index contributed by atoms with van der Waals surface area (Å²) in [6.07, 6.45) is 0. The normalized spacial score (nSPS) is 17.1. The van der Waals surface area contributed by atoms with E-state index in [0.29, 0.717) is 18.8 Å². The van der Waals surface area contributed by atoms with Crippen molar-refractivity contribution in [3.8, 4) is 5.75 Å². The van der Waals surface area contributed by atoms with E-state index in [-0.39, 0.29) is 17.9 Å². The summed E-state index contributed by atoms with van der Waals surface area (Å²) >= 11 is 0. The number of nitrogens with zero attached hydrogens (tertiary/aromatic N) is 1. The molecule has 0 saturated heterocycles. The summed E-state index contributed by atoms with van der Waals surface area (Å²) in [5.41, 5.74) is 1.57. The van der Waals surface area contributed by atoms with E-state index < -0.39 is 5.54 Å². The second-order valence-corrected chi connectivity index (χ2v) is 8.03. The summed E-state index contributed by atoms with van der Waals surface area (Å²) in [6, 6.07) is 15.1. The lowest BCUT2D eigenvalue weighted by Crippen LogP contribution is -3.13. The molecule has 0 saturated carbocycles. The van der Waals surface area contributed by atoms with Gasteiger partial charge in [0.05, 0.1) is 25.0 Å². The first kappa shape index (κ1) is 20.9. The average molecular weight is 397 g/mol. The van der Waals surface area contributed by atoms with Crippen LogP contribution in [0.25, 0.3) is 0 Å². The molecule has 154 valence electrons. The highest BCUT2D eigenvalue weighted by atomic mass is 16.5. The molecule has 6 heteroatoms. The summed E-state index contributed by atoms with van der Waals surface area (Å²) in [5, 5.41) is 2.91. The van der Waals surface area contributed by atoms with Gasteiger partial charge in [-0.05, 0) is 64.1 Å². The predicted molar refractivity (Wildman–Crippen MR) is 114 cm³/mol. The minimum Gasteiger partial charge on any atom is -0.494 e. The van der Waals surface area contributed by atoms with Crippen LogP contribution >= 0.6 is 0 Å². The molecule has 6 nitrogen and oxygen atoms in total. The van der Waals surface area contributed by atoms with E-state index in [1.807, 2.05) is 69.4 Å². The van der Waals surface area contributed by atoms with Crippen LogP contribution in [0.1, 0.15) is 33.3 Å². The summed E-state index contributed by atoms with van der Waals surface area (Å²) in [7, 11) is 2.00. The van der Waals surface area contributed by atoms with E-state index in [4.69, 9.17) is 4.74 Å². The average Bonchev–Trinajstić information content (AvgIpc) is 2.69. The number of nitrogens with one attached hydrogen (secondary N) is 2. The molecule has 3 rings (SSSR count). The molecular weight excluding hydrogens is 366 g/mol. The van der Waals surface area contributed by atoms with Crippen LogP contribution in [0.4, 0.5) is 11.4 Å². The topological polar surface area (TPSA) is 63.1 Å². The fourth-order valence-electron chi connectivity index (χ4n) is 3.60. The third kappa shape index (κ3) is 4.12. The number of ether oxygens (including phenoxy) is 1. The maximum Gasteiger partial charge on any atom is 0.285 e. The molecule has 2 aromatic rings. The van der Waals surface area contributed by atoms with Crippen LogP contribution in [-0.4, -0.2) is 37.0 Å². The van der Waals surface area contributed by atoms with Crippen molar-refractivity contribution >= 4 is 23.2 Å². The molecular formula is C23H30N3O3+. The molecule has 0 spiro atoms. The van der Waals surface area contributed by atoms with Gasteiger partial charge >= 0.3 is 0 Å². The molecule has 0 aromatic heterocycles. The summed E-state index contributed by atoms with van der Waals surface area (Å²) in [4.78, 5) is 28.8. The zero-order chi connectivity index (χ0) is 21.2. The van der Waals surface area contributed by atoms with Crippen molar-refractivity contribution in [2.45, 2.75) is 45.8 Å². The third-order valence-electron chi connectivity index (χ3n) is 5.56. The maximum atomic E-state index is 13.5. The molecule has 0 aliphatic carbocycles. The quantitative estimate of drug-likeness (QED) is 0.787. The molecule has 1 aliphatic heterocycles. The number of carbonyl (C=O) groups excluding carboxylic acids is 2.